The minimum absolute atomic E-state index is 0.0979. The van der Waals surface area contributed by atoms with Gasteiger partial charge in [0, 0.05) is 12.1 Å². The molecule has 0 amide bonds. The molecular formula is C20H19NO8. The first kappa shape index (κ1) is 19.3. The van der Waals surface area contributed by atoms with Crippen molar-refractivity contribution in [2.75, 3.05) is 13.2 Å². The Morgan fingerprint density at radius 1 is 1.03 bits per heavy atom. The summed E-state index contributed by atoms with van der Waals surface area (Å²) in [5, 5.41) is 10.7. The molecule has 0 bridgehead atoms. The second kappa shape index (κ2) is 8.56. The first-order valence-electron chi connectivity index (χ1n) is 9.12. The van der Waals surface area contributed by atoms with E-state index in [0.29, 0.717) is 13.2 Å². The molecule has 2 aliphatic heterocycles. The Morgan fingerprint density at radius 3 is 2.41 bits per heavy atom. The molecule has 0 radical (unpaired) electrons. The fourth-order valence-corrected chi connectivity index (χ4v) is 3.39. The van der Waals surface area contributed by atoms with Gasteiger partial charge >= 0.3 is 6.16 Å². The predicted molar refractivity (Wildman–Crippen MR) is 98.2 cm³/mol. The number of nitrogens with zero attached hydrogens (tertiary/aromatic N) is 1. The zero-order valence-electron chi connectivity index (χ0n) is 15.3. The second-order valence-corrected chi connectivity index (χ2v) is 6.71. The van der Waals surface area contributed by atoms with E-state index < -0.39 is 23.5 Å². The number of fused-ring (bicyclic) bond motifs is 1. The molecule has 2 aromatic carbocycles. The van der Waals surface area contributed by atoms with E-state index >= 15 is 0 Å². The molecule has 2 heterocycles. The minimum atomic E-state index is -0.915. The second-order valence-electron chi connectivity index (χ2n) is 6.71. The molecule has 4 atom stereocenters. The van der Waals surface area contributed by atoms with Gasteiger partial charge in [-0.1, -0.05) is 30.3 Å². The lowest BCUT2D eigenvalue weighted by Gasteiger charge is -2.22. The van der Waals surface area contributed by atoms with Gasteiger partial charge in [0.05, 0.1) is 36.8 Å². The van der Waals surface area contributed by atoms with Gasteiger partial charge < -0.3 is 23.7 Å². The molecule has 152 valence electrons. The summed E-state index contributed by atoms with van der Waals surface area (Å²) in [7, 11) is 0. The highest BCUT2D eigenvalue weighted by molar-refractivity contribution is 5.64. The van der Waals surface area contributed by atoms with E-state index in [1.54, 1.807) is 0 Å². The number of benzene rings is 2. The summed E-state index contributed by atoms with van der Waals surface area (Å²) in [6, 6.07) is 14.9. The van der Waals surface area contributed by atoms with Gasteiger partial charge in [0.25, 0.3) is 5.69 Å². The summed E-state index contributed by atoms with van der Waals surface area (Å²) in [6.45, 7) is 0.938. The third kappa shape index (κ3) is 4.53. The lowest BCUT2D eigenvalue weighted by atomic mass is 10.00. The van der Waals surface area contributed by atoms with Gasteiger partial charge in [0.15, 0.2) is 6.29 Å². The molecule has 0 aliphatic carbocycles. The molecule has 0 saturated carbocycles. The van der Waals surface area contributed by atoms with Crippen LogP contribution in [0, 0.1) is 16.0 Å². The summed E-state index contributed by atoms with van der Waals surface area (Å²) in [6.07, 6.45) is -2.26. The smallest absolute Gasteiger partial charge is 0.428 e. The first-order chi connectivity index (χ1) is 14.1. The standard InChI is InChI=1S/C20H19NO8/c22-20(28-15-8-6-14(7-9-15)21(23)24)29-17-12-27-19-18(17)16(11-26-19)25-10-13-4-2-1-3-5-13/h1-9,16-19H,10-12H2/t16-,17+,18?,19-/m1/s1. The fourth-order valence-electron chi connectivity index (χ4n) is 3.39. The van der Waals surface area contributed by atoms with Crippen LogP contribution in [0.5, 0.6) is 5.75 Å². The summed E-state index contributed by atoms with van der Waals surface area (Å²) < 4.78 is 27.6. The molecule has 2 saturated heterocycles. The molecule has 9 heteroatoms. The Bertz CT molecular complexity index is 857. The van der Waals surface area contributed by atoms with E-state index in [1.807, 2.05) is 30.3 Å². The normalized spacial score (nSPS) is 25.4. The summed E-state index contributed by atoms with van der Waals surface area (Å²) in [4.78, 5) is 22.3. The average Bonchev–Trinajstić information content (AvgIpc) is 3.31. The number of hydrogen-bond acceptors (Lipinski definition) is 8. The SMILES string of the molecule is O=C(Oc1ccc([N+](=O)[O-])cc1)O[C@H]1CO[C@H]2OC[C@@H](OCc3ccccc3)C21. The van der Waals surface area contributed by atoms with E-state index in [0.717, 1.165) is 5.56 Å². The maximum atomic E-state index is 12.1. The van der Waals surface area contributed by atoms with Crippen LogP contribution in [-0.4, -0.2) is 42.8 Å². The van der Waals surface area contributed by atoms with Crippen LogP contribution in [0.2, 0.25) is 0 Å². The number of hydrogen-bond donors (Lipinski definition) is 0. The molecule has 0 N–H and O–H groups in total. The Kier molecular flexibility index (Phi) is 5.70. The molecule has 2 aliphatic rings. The van der Waals surface area contributed by atoms with Gasteiger partial charge in [-0.15, -0.1) is 0 Å². The first-order valence-corrected chi connectivity index (χ1v) is 9.12. The van der Waals surface area contributed by atoms with Crippen molar-refractivity contribution in [3.63, 3.8) is 0 Å². The molecule has 2 fully saturated rings. The van der Waals surface area contributed by atoms with Crippen molar-refractivity contribution in [1.82, 2.24) is 0 Å². The maximum absolute atomic E-state index is 12.1. The summed E-state index contributed by atoms with van der Waals surface area (Å²) in [5.74, 6) is -0.112. The average molecular weight is 401 g/mol. The lowest BCUT2D eigenvalue weighted by molar-refractivity contribution is -0.384. The number of ether oxygens (including phenoxy) is 5. The largest absolute Gasteiger partial charge is 0.514 e. The van der Waals surface area contributed by atoms with Crippen molar-refractivity contribution in [3.8, 4) is 5.75 Å². The molecule has 1 unspecified atom stereocenters. The van der Waals surface area contributed by atoms with E-state index in [1.165, 1.54) is 24.3 Å². The van der Waals surface area contributed by atoms with Gasteiger partial charge in [0.2, 0.25) is 0 Å². The maximum Gasteiger partial charge on any atom is 0.514 e. The Labute approximate surface area is 166 Å². The van der Waals surface area contributed by atoms with Crippen molar-refractivity contribution in [2.24, 2.45) is 5.92 Å². The Morgan fingerprint density at radius 2 is 1.72 bits per heavy atom. The van der Waals surface area contributed by atoms with Crippen LogP contribution in [0.4, 0.5) is 10.5 Å². The van der Waals surface area contributed by atoms with E-state index in [-0.39, 0.29) is 30.1 Å². The highest BCUT2D eigenvalue weighted by Gasteiger charge is 2.50. The highest BCUT2D eigenvalue weighted by atomic mass is 16.8. The van der Waals surface area contributed by atoms with Crippen LogP contribution in [0.3, 0.4) is 0 Å². The van der Waals surface area contributed by atoms with Crippen molar-refractivity contribution >= 4 is 11.8 Å². The number of nitro groups is 1. The van der Waals surface area contributed by atoms with Crippen LogP contribution in [0.1, 0.15) is 5.56 Å². The van der Waals surface area contributed by atoms with Gasteiger partial charge in [-0.25, -0.2) is 4.79 Å². The highest BCUT2D eigenvalue weighted by Crippen LogP contribution is 2.35. The molecular weight excluding hydrogens is 382 g/mol. The van der Waals surface area contributed by atoms with E-state index in [9.17, 15) is 14.9 Å². The number of non-ortho nitro benzene ring substituents is 1. The van der Waals surface area contributed by atoms with E-state index in [2.05, 4.69) is 0 Å². The number of nitro benzene ring substituents is 1. The van der Waals surface area contributed by atoms with Crippen molar-refractivity contribution in [1.29, 1.82) is 0 Å². The van der Waals surface area contributed by atoms with Crippen molar-refractivity contribution < 1.29 is 33.4 Å². The van der Waals surface area contributed by atoms with E-state index in [4.69, 9.17) is 23.7 Å². The number of rotatable bonds is 6. The molecule has 0 aromatic heterocycles. The monoisotopic (exact) mass is 401 g/mol. The molecule has 9 nitrogen and oxygen atoms in total. The quantitative estimate of drug-likeness (QED) is 0.315. The zero-order valence-corrected chi connectivity index (χ0v) is 15.3. The van der Waals surface area contributed by atoms with Crippen LogP contribution in [-0.2, 0) is 25.6 Å². The van der Waals surface area contributed by atoms with Crippen LogP contribution in [0.25, 0.3) is 0 Å². The molecule has 4 rings (SSSR count). The van der Waals surface area contributed by atoms with Crippen LogP contribution < -0.4 is 4.74 Å². The van der Waals surface area contributed by atoms with Crippen LogP contribution >= 0.6 is 0 Å². The summed E-state index contributed by atoms with van der Waals surface area (Å²) in [5.41, 5.74) is 0.934. The number of carbonyl (C=O) groups is 1. The third-order valence-corrected chi connectivity index (χ3v) is 4.83. The van der Waals surface area contributed by atoms with Crippen LogP contribution in [0.15, 0.2) is 54.6 Å². The van der Waals surface area contributed by atoms with Gasteiger partial charge in [-0.3, -0.25) is 10.1 Å². The molecule has 2 aromatic rings. The molecule has 29 heavy (non-hydrogen) atoms. The van der Waals surface area contributed by atoms with Gasteiger partial charge in [-0.2, -0.15) is 0 Å². The zero-order chi connectivity index (χ0) is 20.2. The molecule has 0 spiro atoms. The van der Waals surface area contributed by atoms with Crippen molar-refractivity contribution in [2.45, 2.75) is 25.1 Å². The Balaban J connectivity index is 1.33. The predicted octanol–water partition coefficient (Wildman–Crippen LogP) is 3.07. The summed E-state index contributed by atoms with van der Waals surface area (Å²) >= 11 is 0. The number of carbonyl (C=O) groups excluding carboxylic acids is 1. The topological polar surface area (TPSA) is 106 Å². The van der Waals surface area contributed by atoms with Gasteiger partial charge in [-0.05, 0) is 17.7 Å². The van der Waals surface area contributed by atoms with Crippen molar-refractivity contribution in [3.05, 3.63) is 70.3 Å². The minimum Gasteiger partial charge on any atom is -0.428 e. The van der Waals surface area contributed by atoms with Gasteiger partial charge in [0.1, 0.15) is 11.9 Å². The Hall–Kier alpha value is -3.01. The lowest BCUT2D eigenvalue weighted by Crippen LogP contribution is -2.36. The fraction of sp³-hybridized carbons (Fsp3) is 0.350. The third-order valence-electron chi connectivity index (χ3n) is 4.83.